The van der Waals surface area contributed by atoms with Crippen LogP contribution in [0.1, 0.15) is 30.9 Å². The van der Waals surface area contributed by atoms with Gasteiger partial charge in [-0.05, 0) is 60.6 Å². The fourth-order valence-electron chi connectivity index (χ4n) is 4.22. The summed E-state index contributed by atoms with van der Waals surface area (Å²) in [6.45, 7) is 3.93. The summed E-state index contributed by atoms with van der Waals surface area (Å²) in [5, 5.41) is 0.647. The molecule has 6 heteroatoms. The molecule has 0 bridgehead atoms. The monoisotopic (exact) mass is 426 g/mol. The minimum absolute atomic E-state index is 0.262. The lowest BCUT2D eigenvalue weighted by molar-refractivity contribution is -0.137. The predicted molar refractivity (Wildman–Crippen MR) is 115 cm³/mol. The molecular weight excluding hydrogens is 403 g/mol. The van der Waals surface area contributed by atoms with E-state index < -0.39 is 0 Å². The van der Waals surface area contributed by atoms with Crippen LogP contribution in [0.3, 0.4) is 0 Å². The second-order valence-electron chi connectivity index (χ2n) is 8.06. The fraction of sp³-hybridized carbons (Fsp3) is 0.333. The summed E-state index contributed by atoms with van der Waals surface area (Å²) in [6.07, 6.45) is 2.64. The van der Waals surface area contributed by atoms with Crippen LogP contribution < -0.4 is 0 Å². The molecule has 0 aromatic heterocycles. The van der Waals surface area contributed by atoms with E-state index in [1.54, 1.807) is 24.3 Å². The topological polar surface area (TPSA) is 40.6 Å². The summed E-state index contributed by atoms with van der Waals surface area (Å²) < 4.78 is 13.5. The quantitative estimate of drug-likeness (QED) is 0.659. The zero-order valence-electron chi connectivity index (χ0n) is 16.9. The van der Waals surface area contributed by atoms with Gasteiger partial charge in [-0.15, -0.1) is 0 Å². The molecule has 30 heavy (non-hydrogen) atoms. The molecule has 156 valence electrons. The molecule has 0 N–H and O–H groups in total. The lowest BCUT2D eigenvalue weighted by Crippen LogP contribution is -2.39. The van der Waals surface area contributed by atoms with Crippen molar-refractivity contribution in [3.63, 3.8) is 0 Å². The van der Waals surface area contributed by atoms with Gasteiger partial charge in [0.15, 0.2) is 0 Å². The van der Waals surface area contributed by atoms with Crippen molar-refractivity contribution >= 4 is 29.0 Å². The molecule has 2 amide bonds. The van der Waals surface area contributed by atoms with Crippen LogP contribution in [0.15, 0.2) is 54.2 Å². The van der Waals surface area contributed by atoms with Crippen molar-refractivity contribution in [2.75, 3.05) is 19.6 Å². The van der Waals surface area contributed by atoms with Gasteiger partial charge in [-0.1, -0.05) is 42.8 Å². The Kier molecular flexibility index (Phi) is 5.91. The Bertz CT molecular complexity index is 985. The Morgan fingerprint density at radius 2 is 1.73 bits per heavy atom. The van der Waals surface area contributed by atoms with Crippen molar-refractivity contribution in [3.8, 4) is 0 Å². The van der Waals surface area contributed by atoms with E-state index in [0.29, 0.717) is 34.2 Å². The number of benzene rings is 2. The molecule has 2 aromatic carbocycles. The fourth-order valence-corrected chi connectivity index (χ4v) is 4.35. The Morgan fingerprint density at radius 3 is 2.40 bits per heavy atom. The molecule has 0 saturated carbocycles. The maximum atomic E-state index is 13.5. The van der Waals surface area contributed by atoms with Gasteiger partial charge in [0.1, 0.15) is 11.5 Å². The SMILES string of the molecule is CC1CCCN(C2=C(c3ccc(F)cc3)C(=O)N(CCc3ccc(Cl)cc3)C2=O)C1. The standard InChI is InChI=1S/C24H24ClFN2O2/c1-16-3-2-13-27(15-16)22-21(18-6-10-20(26)11-7-18)23(29)28(24(22)30)14-12-17-4-8-19(25)9-5-17/h4-11,16H,2-3,12-15H2,1H3. The number of piperidine rings is 1. The van der Waals surface area contributed by atoms with Gasteiger partial charge in [0.2, 0.25) is 0 Å². The molecule has 1 fully saturated rings. The molecule has 0 radical (unpaired) electrons. The van der Waals surface area contributed by atoms with Gasteiger partial charge in [-0.25, -0.2) is 4.39 Å². The zero-order valence-corrected chi connectivity index (χ0v) is 17.7. The van der Waals surface area contributed by atoms with E-state index in [0.717, 1.165) is 31.5 Å². The van der Waals surface area contributed by atoms with Crippen molar-refractivity contribution in [2.24, 2.45) is 5.92 Å². The highest BCUT2D eigenvalue weighted by Gasteiger charge is 2.41. The van der Waals surface area contributed by atoms with Gasteiger partial charge in [0, 0.05) is 24.7 Å². The molecule has 1 atom stereocenters. The Balaban J connectivity index is 1.64. The van der Waals surface area contributed by atoms with Gasteiger partial charge in [0.05, 0.1) is 5.57 Å². The number of nitrogens with zero attached hydrogens (tertiary/aromatic N) is 2. The highest BCUT2D eigenvalue weighted by molar-refractivity contribution is 6.35. The first kappa shape index (κ1) is 20.6. The lowest BCUT2D eigenvalue weighted by atomic mass is 9.98. The summed E-state index contributed by atoms with van der Waals surface area (Å²) in [7, 11) is 0. The van der Waals surface area contributed by atoms with Crippen LogP contribution in [-0.4, -0.2) is 41.2 Å². The van der Waals surface area contributed by atoms with Crippen LogP contribution in [0.5, 0.6) is 0 Å². The number of likely N-dealkylation sites (tertiary alicyclic amines) is 1. The second-order valence-corrected chi connectivity index (χ2v) is 8.50. The van der Waals surface area contributed by atoms with Crippen molar-refractivity contribution in [2.45, 2.75) is 26.2 Å². The summed E-state index contributed by atoms with van der Waals surface area (Å²) in [5.41, 5.74) is 2.42. The summed E-state index contributed by atoms with van der Waals surface area (Å²) in [6, 6.07) is 13.2. The third-order valence-corrected chi connectivity index (χ3v) is 6.04. The third-order valence-electron chi connectivity index (χ3n) is 5.79. The van der Waals surface area contributed by atoms with Gasteiger partial charge in [-0.2, -0.15) is 0 Å². The number of carbonyl (C=O) groups is 2. The number of carbonyl (C=O) groups excluding carboxylic acids is 2. The predicted octanol–water partition coefficient (Wildman–Crippen LogP) is 4.53. The molecule has 4 nitrogen and oxygen atoms in total. The van der Waals surface area contributed by atoms with Crippen molar-refractivity contribution < 1.29 is 14.0 Å². The van der Waals surface area contributed by atoms with Gasteiger partial charge in [-0.3, -0.25) is 14.5 Å². The normalized spacial score (nSPS) is 19.8. The van der Waals surface area contributed by atoms with Crippen LogP contribution in [-0.2, 0) is 16.0 Å². The number of halogens is 2. The van der Waals surface area contributed by atoms with Crippen LogP contribution in [0.4, 0.5) is 4.39 Å². The van der Waals surface area contributed by atoms with Gasteiger partial charge >= 0.3 is 0 Å². The molecule has 4 rings (SSSR count). The van der Waals surface area contributed by atoms with E-state index in [1.165, 1.54) is 17.0 Å². The van der Waals surface area contributed by atoms with E-state index in [2.05, 4.69) is 6.92 Å². The number of hydrogen-bond acceptors (Lipinski definition) is 3. The maximum absolute atomic E-state index is 13.5. The molecule has 1 saturated heterocycles. The van der Waals surface area contributed by atoms with E-state index in [-0.39, 0.29) is 24.2 Å². The Labute approximate surface area is 180 Å². The van der Waals surface area contributed by atoms with Gasteiger partial charge in [0.25, 0.3) is 11.8 Å². The molecule has 2 aromatic rings. The van der Waals surface area contributed by atoms with E-state index in [4.69, 9.17) is 11.6 Å². The molecule has 2 heterocycles. The highest BCUT2D eigenvalue weighted by atomic mass is 35.5. The molecular formula is C24H24ClFN2O2. The zero-order chi connectivity index (χ0) is 21.3. The first-order chi connectivity index (χ1) is 14.4. The Hall–Kier alpha value is -2.66. The van der Waals surface area contributed by atoms with Gasteiger partial charge < -0.3 is 4.90 Å². The number of amides is 2. The number of imide groups is 1. The van der Waals surface area contributed by atoms with E-state index in [1.807, 2.05) is 17.0 Å². The minimum Gasteiger partial charge on any atom is -0.366 e. The summed E-state index contributed by atoms with van der Waals surface area (Å²) in [4.78, 5) is 30.0. The molecule has 1 unspecified atom stereocenters. The molecule has 0 aliphatic carbocycles. The van der Waals surface area contributed by atoms with E-state index >= 15 is 0 Å². The first-order valence-electron chi connectivity index (χ1n) is 10.3. The average Bonchev–Trinajstić information content (AvgIpc) is 2.98. The summed E-state index contributed by atoms with van der Waals surface area (Å²) in [5.74, 6) is -0.494. The first-order valence-corrected chi connectivity index (χ1v) is 10.7. The highest BCUT2D eigenvalue weighted by Crippen LogP contribution is 2.34. The lowest BCUT2D eigenvalue weighted by Gasteiger charge is -2.33. The molecule has 2 aliphatic rings. The molecule has 0 spiro atoms. The van der Waals surface area contributed by atoms with Crippen LogP contribution >= 0.6 is 11.6 Å². The third kappa shape index (κ3) is 4.12. The minimum atomic E-state index is -0.371. The van der Waals surface area contributed by atoms with Crippen LogP contribution in [0.25, 0.3) is 5.57 Å². The smallest absolute Gasteiger partial charge is 0.277 e. The summed E-state index contributed by atoms with van der Waals surface area (Å²) >= 11 is 5.94. The largest absolute Gasteiger partial charge is 0.366 e. The second kappa shape index (κ2) is 8.60. The number of hydrogen-bond donors (Lipinski definition) is 0. The van der Waals surface area contributed by atoms with Crippen molar-refractivity contribution in [3.05, 3.63) is 76.2 Å². The average molecular weight is 427 g/mol. The van der Waals surface area contributed by atoms with Crippen LogP contribution in [0, 0.1) is 11.7 Å². The van der Waals surface area contributed by atoms with Crippen LogP contribution in [0.2, 0.25) is 5.02 Å². The number of rotatable bonds is 5. The van der Waals surface area contributed by atoms with E-state index in [9.17, 15) is 14.0 Å². The van der Waals surface area contributed by atoms with Crippen molar-refractivity contribution in [1.82, 2.24) is 9.80 Å². The maximum Gasteiger partial charge on any atom is 0.277 e. The van der Waals surface area contributed by atoms with Crippen molar-refractivity contribution in [1.29, 1.82) is 0 Å². The molecule has 2 aliphatic heterocycles. The Morgan fingerprint density at radius 1 is 1.03 bits per heavy atom.